The Labute approximate surface area is 171 Å². The van der Waals surface area contributed by atoms with Gasteiger partial charge in [-0.3, -0.25) is 9.78 Å². The Bertz CT molecular complexity index is 1230. The van der Waals surface area contributed by atoms with E-state index < -0.39 is 17.6 Å². The van der Waals surface area contributed by atoms with Crippen LogP contribution in [-0.4, -0.2) is 10.9 Å². The lowest BCUT2D eigenvalue weighted by Crippen LogP contribution is -2.16. The minimum absolute atomic E-state index is 0.0707. The summed E-state index contributed by atoms with van der Waals surface area (Å²) in [5.74, 6) is -0.510. The van der Waals surface area contributed by atoms with Gasteiger partial charge in [-0.1, -0.05) is 54.6 Å². The summed E-state index contributed by atoms with van der Waals surface area (Å²) in [6.07, 6.45) is -4.49. The summed E-state index contributed by atoms with van der Waals surface area (Å²) in [7, 11) is 0. The van der Waals surface area contributed by atoms with Gasteiger partial charge in [-0.2, -0.15) is 13.2 Å². The summed E-state index contributed by atoms with van der Waals surface area (Å²) in [6, 6.07) is 21.5. The van der Waals surface area contributed by atoms with Crippen LogP contribution in [0.1, 0.15) is 21.6 Å². The molecule has 0 aliphatic rings. The molecule has 1 heterocycles. The van der Waals surface area contributed by atoms with Crippen molar-refractivity contribution in [3.8, 4) is 11.1 Å². The average molecular weight is 406 g/mol. The number of pyridine rings is 1. The minimum Gasteiger partial charge on any atom is -0.322 e. The maximum Gasteiger partial charge on any atom is 0.416 e. The fourth-order valence-electron chi connectivity index (χ4n) is 3.48. The van der Waals surface area contributed by atoms with E-state index >= 15 is 0 Å². The van der Waals surface area contributed by atoms with E-state index in [-0.39, 0.29) is 5.69 Å². The maximum atomic E-state index is 13.2. The zero-order valence-electron chi connectivity index (χ0n) is 16.0. The van der Waals surface area contributed by atoms with Gasteiger partial charge in [0, 0.05) is 16.6 Å². The zero-order valence-corrected chi connectivity index (χ0v) is 16.0. The molecule has 30 heavy (non-hydrogen) atoms. The molecule has 0 spiro atoms. The molecule has 1 N–H and O–H groups in total. The molecule has 0 atom stereocenters. The van der Waals surface area contributed by atoms with E-state index in [4.69, 9.17) is 0 Å². The summed E-state index contributed by atoms with van der Waals surface area (Å²) >= 11 is 0. The zero-order chi connectivity index (χ0) is 21.3. The van der Waals surface area contributed by atoms with Gasteiger partial charge in [0.05, 0.1) is 22.3 Å². The molecule has 3 nitrogen and oxygen atoms in total. The molecule has 1 amide bonds. The number of hydrogen-bond donors (Lipinski definition) is 1. The lowest BCUT2D eigenvalue weighted by atomic mass is 9.94. The van der Waals surface area contributed by atoms with Crippen LogP contribution in [0.3, 0.4) is 0 Å². The highest BCUT2D eigenvalue weighted by Gasteiger charge is 2.30. The molecule has 0 bridgehead atoms. The Kier molecular flexibility index (Phi) is 4.99. The van der Waals surface area contributed by atoms with Crippen molar-refractivity contribution in [3.05, 3.63) is 95.7 Å². The number of anilines is 1. The van der Waals surface area contributed by atoms with Gasteiger partial charge < -0.3 is 5.32 Å². The van der Waals surface area contributed by atoms with Crippen LogP contribution in [0.15, 0.2) is 78.9 Å². The highest BCUT2D eigenvalue weighted by atomic mass is 19.4. The molecular formula is C24H17F3N2O. The van der Waals surface area contributed by atoms with Crippen molar-refractivity contribution < 1.29 is 18.0 Å². The molecule has 0 aliphatic heterocycles. The number of carbonyl (C=O) groups excluding carboxylic acids is 1. The summed E-state index contributed by atoms with van der Waals surface area (Å²) in [4.78, 5) is 17.7. The minimum atomic E-state index is -4.49. The number of carbonyl (C=O) groups is 1. The van der Waals surface area contributed by atoms with Crippen molar-refractivity contribution in [1.82, 2.24) is 4.98 Å². The molecule has 4 aromatic rings. The number of nitrogens with zero attached hydrogens (tertiary/aromatic N) is 1. The molecule has 150 valence electrons. The molecule has 0 fully saturated rings. The molecule has 6 heteroatoms. The van der Waals surface area contributed by atoms with Crippen LogP contribution in [0.5, 0.6) is 0 Å². The summed E-state index contributed by atoms with van der Waals surface area (Å²) in [5, 5.41) is 3.40. The molecule has 0 saturated carbocycles. The monoisotopic (exact) mass is 406 g/mol. The predicted octanol–water partition coefficient (Wildman–Crippen LogP) is 6.48. The van der Waals surface area contributed by atoms with Crippen LogP contribution in [0.25, 0.3) is 22.0 Å². The van der Waals surface area contributed by atoms with Crippen molar-refractivity contribution in [2.45, 2.75) is 13.1 Å². The third-order valence-electron chi connectivity index (χ3n) is 4.81. The largest absolute Gasteiger partial charge is 0.416 e. The van der Waals surface area contributed by atoms with Crippen LogP contribution in [0.4, 0.5) is 18.9 Å². The Morgan fingerprint density at radius 3 is 2.33 bits per heavy atom. The number of aromatic nitrogens is 1. The van der Waals surface area contributed by atoms with E-state index in [1.165, 1.54) is 12.1 Å². The standard InChI is InChI=1S/C24H17F3N2O/c1-15-21(23(30)29-18-11-7-10-17(14-18)24(25,26)27)22(16-8-3-2-4-9-16)19-12-5-6-13-20(19)28-15/h2-14H,1H3,(H,29,30). The van der Waals surface area contributed by atoms with Crippen LogP contribution < -0.4 is 5.32 Å². The number of fused-ring (bicyclic) bond motifs is 1. The Morgan fingerprint density at radius 1 is 0.900 bits per heavy atom. The van der Waals surface area contributed by atoms with Crippen molar-refractivity contribution >= 4 is 22.5 Å². The van der Waals surface area contributed by atoms with E-state index in [0.717, 1.165) is 28.6 Å². The number of halogens is 3. The smallest absolute Gasteiger partial charge is 0.322 e. The molecule has 0 unspecified atom stereocenters. The first-order valence-electron chi connectivity index (χ1n) is 9.28. The average Bonchev–Trinajstić information content (AvgIpc) is 2.73. The van der Waals surface area contributed by atoms with Crippen molar-refractivity contribution in [1.29, 1.82) is 0 Å². The summed E-state index contributed by atoms with van der Waals surface area (Å²) in [5.41, 5.74) is 2.34. The Morgan fingerprint density at radius 2 is 1.60 bits per heavy atom. The number of amides is 1. The second-order valence-corrected chi connectivity index (χ2v) is 6.86. The number of para-hydroxylation sites is 1. The second kappa shape index (κ2) is 7.63. The summed E-state index contributed by atoms with van der Waals surface area (Å²) < 4.78 is 39.1. The highest BCUT2D eigenvalue weighted by molar-refractivity contribution is 6.14. The highest BCUT2D eigenvalue weighted by Crippen LogP contribution is 2.34. The van der Waals surface area contributed by atoms with Crippen LogP contribution in [0, 0.1) is 6.92 Å². The fraction of sp³-hybridized carbons (Fsp3) is 0.0833. The topological polar surface area (TPSA) is 42.0 Å². The second-order valence-electron chi connectivity index (χ2n) is 6.86. The lowest BCUT2D eigenvalue weighted by Gasteiger charge is -2.16. The Balaban J connectivity index is 1.85. The maximum absolute atomic E-state index is 13.2. The molecule has 0 saturated heterocycles. The lowest BCUT2D eigenvalue weighted by molar-refractivity contribution is -0.137. The number of rotatable bonds is 3. The van der Waals surface area contributed by atoms with E-state index in [0.29, 0.717) is 16.8 Å². The van der Waals surface area contributed by atoms with Gasteiger partial charge in [-0.05, 0) is 36.8 Å². The molecule has 1 aromatic heterocycles. The number of hydrogen-bond acceptors (Lipinski definition) is 2. The quantitative estimate of drug-likeness (QED) is 0.423. The molecule has 0 radical (unpaired) electrons. The van der Waals surface area contributed by atoms with Crippen molar-refractivity contribution in [3.63, 3.8) is 0 Å². The van der Waals surface area contributed by atoms with E-state index in [1.807, 2.05) is 54.6 Å². The molecule has 3 aromatic carbocycles. The van der Waals surface area contributed by atoms with E-state index in [1.54, 1.807) is 6.92 Å². The molecular weight excluding hydrogens is 389 g/mol. The number of benzene rings is 3. The van der Waals surface area contributed by atoms with Crippen molar-refractivity contribution in [2.75, 3.05) is 5.32 Å². The number of nitrogens with one attached hydrogen (secondary N) is 1. The van der Waals surface area contributed by atoms with Gasteiger partial charge in [-0.15, -0.1) is 0 Å². The third-order valence-corrected chi connectivity index (χ3v) is 4.81. The van der Waals surface area contributed by atoms with Crippen LogP contribution >= 0.6 is 0 Å². The number of alkyl halides is 3. The fourth-order valence-corrected chi connectivity index (χ4v) is 3.48. The first-order chi connectivity index (χ1) is 14.3. The summed E-state index contributed by atoms with van der Waals surface area (Å²) in [6.45, 7) is 1.72. The third kappa shape index (κ3) is 3.76. The molecule has 0 aliphatic carbocycles. The van der Waals surface area contributed by atoms with E-state index in [9.17, 15) is 18.0 Å². The van der Waals surface area contributed by atoms with Gasteiger partial charge in [0.25, 0.3) is 5.91 Å². The number of aryl methyl sites for hydroxylation is 1. The van der Waals surface area contributed by atoms with Crippen LogP contribution in [0.2, 0.25) is 0 Å². The van der Waals surface area contributed by atoms with Gasteiger partial charge in [0.15, 0.2) is 0 Å². The SMILES string of the molecule is Cc1nc2ccccc2c(-c2ccccc2)c1C(=O)Nc1cccc(C(F)(F)F)c1. The normalized spacial score (nSPS) is 11.5. The van der Waals surface area contributed by atoms with Gasteiger partial charge in [0.2, 0.25) is 0 Å². The molecule has 4 rings (SSSR count). The predicted molar refractivity (Wildman–Crippen MR) is 111 cm³/mol. The van der Waals surface area contributed by atoms with Crippen molar-refractivity contribution in [2.24, 2.45) is 0 Å². The first-order valence-corrected chi connectivity index (χ1v) is 9.28. The van der Waals surface area contributed by atoms with Crippen LogP contribution in [-0.2, 0) is 6.18 Å². The van der Waals surface area contributed by atoms with Gasteiger partial charge in [-0.25, -0.2) is 0 Å². The van der Waals surface area contributed by atoms with Gasteiger partial charge >= 0.3 is 6.18 Å². The first kappa shape index (κ1) is 19.6. The van der Waals surface area contributed by atoms with E-state index in [2.05, 4.69) is 10.3 Å². The van der Waals surface area contributed by atoms with Gasteiger partial charge in [0.1, 0.15) is 0 Å². The Hall–Kier alpha value is -3.67.